The second-order valence-electron chi connectivity index (χ2n) is 11.4. The summed E-state index contributed by atoms with van der Waals surface area (Å²) in [5.41, 5.74) is 11.4. The predicted octanol–water partition coefficient (Wildman–Crippen LogP) is -1.36. The van der Waals surface area contributed by atoms with Crippen LogP contribution in [0.4, 0.5) is 4.79 Å². The first-order valence-corrected chi connectivity index (χ1v) is 13.8. The number of hydrogen-bond acceptors (Lipinski definition) is 11. The van der Waals surface area contributed by atoms with Crippen molar-refractivity contribution in [2.75, 3.05) is 13.1 Å². The fourth-order valence-corrected chi connectivity index (χ4v) is 4.68. The Hall–Kier alpha value is -1.39. The number of aliphatic hydroxyl groups is 5. The van der Waals surface area contributed by atoms with Gasteiger partial charge in [0, 0.05) is 32.4 Å². The van der Waals surface area contributed by atoms with Crippen LogP contribution in [0, 0.1) is 11.8 Å². The highest BCUT2D eigenvalue weighted by atomic mass is 16.7. The highest BCUT2D eigenvalue weighted by Gasteiger charge is 2.49. The Morgan fingerprint density at radius 2 is 1.85 bits per heavy atom. The molecule has 7 unspecified atom stereocenters. The van der Waals surface area contributed by atoms with Crippen molar-refractivity contribution in [3.8, 4) is 0 Å². The molecule has 2 fully saturated rings. The molecule has 11 N–H and O–H groups in total. The molecule has 11 atom stereocenters. The summed E-state index contributed by atoms with van der Waals surface area (Å²) in [5.74, 6) is -1.89. The SMILES string of the molecule is CC(C)/C=C/[C@@H](CC1O[C@](O)(C[C@@H](O)C(C)C)C[C@H](O)C1NC(=O)NCCN)OC1OC(C)C(O)C(N)C1O. The lowest BCUT2D eigenvalue weighted by atomic mass is 9.86. The largest absolute Gasteiger partial charge is 0.393 e. The zero-order chi connectivity index (χ0) is 29.5. The summed E-state index contributed by atoms with van der Waals surface area (Å²) in [7, 11) is 0. The number of rotatable bonds is 12. The Morgan fingerprint density at radius 1 is 1.18 bits per heavy atom. The smallest absolute Gasteiger partial charge is 0.315 e. The zero-order valence-electron chi connectivity index (χ0n) is 23.6. The van der Waals surface area contributed by atoms with Gasteiger partial charge in [-0.15, -0.1) is 0 Å². The van der Waals surface area contributed by atoms with Crippen LogP contribution in [0.25, 0.3) is 0 Å². The molecule has 2 amide bonds. The van der Waals surface area contributed by atoms with E-state index < -0.39 is 72.9 Å². The number of amides is 2. The molecule has 2 aliphatic rings. The third-order valence-electron chi connectivity index (χ3n) is 7.12. The lowest BCUT2D eigenvalue weighted by Crippen LogP contribution is -2.64. The number of urea groups is 1. The molecule has 2 rings (SSSR count). The van der Waals surface area contributed by atoms with Crippen LogP contribution in [-0.4, -0.2) is 112 Å². The normalized spacial score (nSPS) is 37.3. The van der Waals surface area contributed by atoms with Crippen LogP contribution < -0.4 is 22.1 Å². The maximum absolute atomic E-state index is 12.5. The minimum Gasteiger partial charge on any atom is -0.393 e. The van der Waals surface area contributed by atoms with E-state index in [0.29, 0.717) is 0 Å². The molecule has 0 aliphatic carbocycles. The number of nitrogens with one attached hydrogen (secondary N) is 2. The standard InChI is InChI=1S/C26H50N4O9/c1-13(2)6-7-16(38-24-23(34)20(28)22(33)15(5)37-24)10-19-21(30-25(35)29-9-8-27)18(32)12-26(36,39-19)11-17(31)14(3)4/h6-7,13-24,31-34,36H,8-12,27-28H2,1-5H3,(H2,29,30,35)/b7-6+/t15?,16-,17+,18-,19?,20?,21?,22?,23?,24?,26+/m0/s1. The molecule has 0 aromatic carbocycles. The van der Waals surface area contributed by atoms with E-state index in [0.717, 1.165) is 0 Å². The maximum Gasteiger partial charge on any atom is 0.315 e. The van der Waals surface area contributed by atoms with E-state index in [1.54, 1.807) is 26.8 Å². The lowest BCUT2D eigenvalue weighted by molar-refractivity contribution is -0.303. The van der Waals surface area contributed by atoms with Gasteiger partial charge in [-0.05, 0) is 18.8 Å². The van der Waals surface area contributed by atoms with Crippen molar-refractivity contribution in [1.82, 2.24) is 10.6 Å². The van der Waals surface area contributed by atoms with Gasteiger partial charge in [-0.3, -0.25) is 0 Å². The van der Waals surface area contributed by atoms with Crippen LogP contribution in [0.3, 0.4) is 0 Å². The quantitative estimate of drug-likeness (QED) is 0.126. The van der Waals surface area contributed by atoms with E-state index in [9.17, 15) is 30.3 Å². The molecule has 13 nitrogen and oxygen atoms in total. The monoisotopic (exact) mass is 562 g/mol. The van der Waals surface area contributed by atoms with Crippen molar-refractivity contribution >= 4 is 6.03 Å². The molecule has 39 heavy (non-hydrogen) atoms. The molecule has 0 aromatic rings. The minimum atomic E-state index is -1.87. The van der Waals surface area contributed by atoms with Gasteiger partial charge in [0.15, 0.2) is 12.1 Å². The van der Waals surface area contributed by atoms with Crippen molar-refractivity contribution in [3.05, 3.63) is 12.2 Å². The second kappa shape index (κ2) is 15.0. The first-order valence-electron chi connectivity index (χ1n) is 13.8. The summed E-state index contributed by atoms with van der Waals surface area (Å²) in [5, 5.41) is 58.8. The van der Waals surface area contributed by atoms with Gasteiger partial charge in [0.05, 0.1) is 48.7 Å². The minimum absolute atomic E-state index is 0.0287. The van der Waals surface area contributed by atoms with E-state index in [1.807, 2.05) is 19.9 Å². The fourth-order valence-electron chi connectivity index (χ4n) is 4.68. The lowest BCUT2D eigenvalue weighted by Gasteiger charge is -2.46. The van der Waals surface area contributed by atoms with Crippen LogP contribution in [0.2, 0.25) is 0 Å². The van der Waals surface area contributed by atoms with Crippen LogP contribution in [0.15, 0.2) is 12.2 Å². The summed E-state index contributed by atoms with van der Waals surface area (Å²) < 4.78 is 17.9. The number of carbonyl (C=O) groups excluding carboxylic acids is 1. The van der Waals surface area contributed by atoms with Gasteiger partial charge in [0.1, 0.15) is 6.10 Å². The summed E-state index contributed by atoms with van der Waals surface area (Å²) in [6.45, 7) is 9.59. The van der Waals surface area contributed by atoms with Crippen molar-refractivity contribution in [3.63, 3.8) is 0 Å². The van der Waals surface area contributed by atoms with Crippen molar-refractivity contribution in [2.45, 2.75) is 121 Å². The topological polar surface area (TPSA) is 222 Å². The summed E-state index contributed by atoms with van der Waals surface area (Å²) >= 11 is 0. The van der Waals surface area contributed by atoms with E-state index >= 15 is 0 Å². The summed E-state index contributed by atoms with van der Waals surface area (Å²) in [4.78, 5) is 12.5. The zero-order valence-corrected chi connectivity index (χ0v) is 23.6. The Kier molecular flexibility index (Phi) is 13.0. The van der Waals surface area contributed by atoms with Crippen LogP contribution in [0.5, 0.6) is 0 Å². The molecule has 0 bridgehead atoms. The third-order valence-corrected chi connectivity index (χ3v) is 7.12. The molecule has 0 radical (unpaired) electrons. The van der Waals surface area contributed by atoms with Crippen LogP contribution in [-0.2, 0) is 14.2 Å². The molecular formula is C26H50N4O9. The molecule has 228 valence electrons. The average Bonchev–Trinajstić information content (AvgIpc) is 2.84. The highest BCUT2D eigenvalue weighted by molar-refractivity contribution is 5.74. The predicted molar refractivity (Wildman–Crippen MR) is 143 cm³/mol. The maximum atomic E-state index is 12.5. The number of nitrogens with two attached hydrogens (primary N) is 2. The van der Waals surface area contributed by atoms with Crippen molar-refractivity contribution in [2.24, 2.45) is 23.3 Å². The van der Waals surface area contributed by atoms with Gasteiger partial charge >= 0.3 is 6.03 Å². The van der Waals surface area contributed by atoms with Gasteiger partial charge in [-0.25, -0.2) is 4.79 Å². The third kappa shape index (κ3) is 9.88. The molecule has 0 aromatic heterocycles. The molecule has 2 saturated heterocycles. The molecule has 2 aliphatic heterocycles. The summed E-state index contributed by atoms with van der Waals surface area (Å²) in [6, 6.07) is -2.51. The number of ether oxygens (including phenoxy) is 3. The molecular weight excluding hydrogens is 512 g/mol. The number of carbonyl (C=O) groups is 1. The second-order valence-corrected chi connectivity index (χ2v) is 11.4. The Balaban J connectivity index is 2.33. The van der Waals surface area contributed by atoms with Crippen molar-refractivity contribution in [1.29, 1.82) is 0 Å². The van der Waals surface area contributed by atoms with Gasteiger partial charge in [-0.2, -0.15) is 0 Å². The molecule has 0 spiro atoms. The van der Waals surface area contributed by atoms with E-state index in [1.165, 1.54) is 0 Å². The molecule has 0 saturated carbocycles. The van der Waals surface area contributed by atoms with Gasteiger partial charge in [0.25, 0.3) is 0 Å². The number of allylic oxidation sites excluding steroid dienone is 1. The fraction of sp³-hybridized carbons (Fsp3) is 0.885. The Morgan fingerprint density at radius 3 is 2.44 bits per heavy atom. The first-order chi connectivity index (χ1) is 18.2. The van der Waals surface area contributed by atoms with Crippen LogP contribution in [0.1, 0.15) is 53.9 Å². The van der Waals surface area contributed by atoms with Crippen molar-refractivity contribution < 1.29 is 44.5 Å². The molecule has 2 heterocycles. The molecule has 13 heteroatoms. The van der Waals surface area contributed by atoms with Gasteiger partial charge < -0.3 is 61.8 Å². The number of aliphatic hydroxyl groups excluding tert-OH is 4. The first kappa shape index (κ1) is 33.8. The number of hydrogen-bond donors (Lipinski definition) is 9. The highest BCUT2D eigenvalue weighted by Crippen LogP contribution is 2.35. The van der Waals surface area contributed by atoms with E-state index in [-0.39, 0.29) is 44.2 Å². The Bertz CT molecular complexity index is 789. The van der Waals surface area contributed by atoms with E-state index in [4.69, 9.17) is 25.7 Å². The van der Waals surface area contributed by atoms with Gasteiger partial charge in [0.2, 0.25) is 0 Å². The Labute approximate surface area is 230 Å². The summed E-state index contributed by atoms with van der Waals surface area (Å²) in [6.07, 6.45) is -4.85. The van der Waals surface area contributed by atoms with Crippen LogP contribution >= 0.6 is 0 Å². The van der Waals surface area contributed by atoms with E-state index in [2.05, 4.69) is 10.6 Å². The average molecular weight is 563 g/mol. The van der Waals surface area contributed by atoms with Gasteiger partial charge in [-0.1, -0.05) is 39.8 Å².